The molecule has 0 N–H and O–H groups in total. The van der Waals surface area contributed by atoms with Gasteiger partial charge in [-0.25, -0.2) is 0 Å². The van der Waals surface area contributed by atoms with Gasteiger partial charge < -0.3 is 9.13 Å². The highest BCUT2D eigenvalue weighted by Gasteiger charge is 2.22. The fourth-order valence-corrected chi connectivity index (χ4v) is 8.89. The minimum absolute atomic E-state index is 0.587. The number of para-hydroxylation sites is 2. The van der Waals surface area contributed by atoms with Crippen LogP contribution < -0.4 is 0 Å². The second-order valence-electron chi connectivity index (χ2n) is 15.2. The summed E-state index contributed by atoms with van der Waals surface area (Å²) in [4.78, 5) is 4.59. The van der Waals surface area contributed by atoms with Crippen molar-refractivity contribution in [1.29, 1.82) is 5.26 Å². The average Bonchev–Trinajstić information content (AvgIpc) is 3.72. The summed E-state index contributed by atoms with van der Waals surface area (Å²) in [5.41, 5.74) is 18.2. The first-order valence-corrected chi connectivity index (χ1v) is 19.1. The molecule has 0 fully saturated rings. The van der Waals surface area contributed by atoms with E-state index in [1.807, 2.05) is 18.5 Å². The van der Waals surface area contributed by atoms with E-state index < -0.39 is 0 Å². The van der Waals surface area contributed by atoms with Crippen molar-refractivity contribution in [3.05, 3.63) is 186 Å². The molecule has 0 amide bonds. The molecule has 0 atom stereocenters. The van der Waals surface area contributed by atoms with Gasteiger partial charge in [-0.05, 0) is 92.4 Å². The Morgan fingerprint density at radius 3 is 1.43 bits per heavy atom. The van der Waals surface area contributed by atoms with Gasteiger partial charge in [0.15, 0.2) is 0 Å². The molecule has 0 aliphatic carbocycles. The minimum atomic E-state index is 0.587. The van der Waals surface area contributed by atoms with Crippen LogP contribution in [-0.2, 0) is 0 Å². The number of hydrogen-bond donors (Lipinski definition) is 0. The Balaban J connectivity index is 1.29. The van der Waals surface area contributed by atoms with Crippen molar-refractivity contribution >= 4 is 43.6 Å². The van der Waals surface area contributed by atoms with Crippen LogP contribution in [0.15, 0.2) is 158 Å². The molecule has 266 valence electrons. The molecular weight excluding hydrogens is 681 g/mol. The van der Waals surface area contributed by atoms with E-state index in [0.717, 1.165) is 77.2 Å². The van der Waals surface area contributed by atoms with Gasteiger partial charge in [0.25, 0.3) is 0 Å². The highest BCUT2D eigenvalue weighted by Crippen LogP contribution is 2.42. The van der Waals surface area contributed by atoms with Crippen molar-refractivity contribution in [2.45, 2.75) is 27.7 Å². The number of benzene rings is 7. The van der Waals surface area contributed by atoms with Gasteiger partial charge >= 0.3 is 0 Å². The van der Waals surface area contributed by atoms with Crippen LogP contribution in [0.1, 0.15) is 27.8 Å². The number of hydrogen-bond acceptors (Lipinski definition) is 2. The summed E-state index contributed by atoms with van der Waals surface area (Å²) in [6, 6.07) is 55.0. The lowest BCUT2D eigenvalue weighted by molar-refractivity contribution is 1.13. The molecule has 3 heterocycles. The molecule has 7 aromatic carbocycles. The van der Waals surface area contributed by atoms with Gasteiger partial charge in [-0.3, -0.25) is 4.98 Å². The van der Waals surface area contributed by atoms with Crippen LogP contribution in [0.25, 0.3) is 88.4 Å². The van der Waals surface area contributed by atoms with Crippen LogP contribution in [-0.4, -0.2) is 14.1 Å². The maximum Gasteiger partial charge on any atom is 0.101 e. The molecule has 0 radical (unpaired) electrons. The normalized spacial score (nSPS) is 11.6. The monoisotopic (exact) mass is 718 g/mol. The van der Waals surface area contributed by atoms with E-state index in [4.69, 9.17) is 0 Å². The highest BCUT2D eigenvalue weighted by molar-refractivity contribution is 6.12. The van der Waals surface area contributed by atoms with Crippen LogP contribution in [0.3, 0.4) is 0 Å². The number of pyridine rings is 1. The fourth-order valence-electron chi connectivity index (χ4n) is 8.89. The second kappa shape index (κ2) is 13.0. The van der Waals surface area contributed by atoms with Gasteiger partial charge in [0, 0.05) is 45.1 Å². The van der Waals surface area contributed by atoms with Gasteiger partial charge in [-0.1, -0.05) is 125 Å². The zero-order chi connectivity index (χ0) is 38.1. The molecule has 4 nitrogen and oxygen atoms in total. The molecule has 4 heteroatoms. The van der Waals surface area contributed by atoms with Crippen LogP contribution >= 0.6 is 0 Å². The van der Waals surface area contributed by atoms with Crippen molar-refractivity contribution in [3.63, 3.8) is 0 Å². The van der Waals surface area contributed by atoms with Crippen LogP contribution in [0.5, 0.6) is 0 Å². The van der Waals surface area contributed by atoms with Crippen molar-refractivity contribution in [2.24, 2.45) is 0 Å². The lowest BCUT2D eigenvalue weighted by Gasteiger charge is -2.19. The number of rotatable bonds is 5. The Morgan fingerprint density at radius 1 is 0.429 bits per heavy atom. The maximum absolute atomic E-state index is 11.1. The van der Waals surface area contributed by atoms with E-state index >= 15 is 0 Å². The third-order valence-corrected chi connectivity index (χ3v) is 11.1. The molecule has 0 saturated carbocycles. The first-order chi connectivity index (χ1) is 27.3. The third-order valence-electron chi connectivity index (χ3n) is 11.1. The van der Waals surface area contributed by atoms with Crippen molar-refractivity contribution in [1.82, 2.24) is 14.1 Å². The van der Waals surface area contributed by atoms with E-state index in [9.17, 15) is 5.26 Å². The highest BCUT2D eigenvalue weighted by atomic mass is 15.0. The summed E-state index contributed by atoms with van der Waals surface area (Å²) in [5, 5.41) is 15.7. The predicted octanol–water partition coefficient (Wildman–Crippen LogP) is 13.4. The Morgan fingerprint density at radius 2 is 0.929 bits per heavy atom. The molecule has 10 aromatic rings. The molecule has 56 heavy (non-hydrogen) atoms. The number of aromatic nitrogens is 3. The van der Waals surface area contributed by atoms with E-state index in [1.165, 1.54) is 33.4 Å². The van der Waals surface area contributed by atoms with E-state index in [2.05, 4.69) is 187 Å². The molecule has 0 aliphatic rings. The number of nitriles is 1. The Hall–Kier alpha value is -7.22. The predicted molar refractivity (Wildman–Crippen MR) is 233 cm³/mol. The lowest BCUT2D eigenvalue weighted by atomic mass is 9.98. The Bertz CT molecular complexity index is 3200. The molecule has 0 spiro atoms. The van der Waals surface area contributed by atoms with Crippen LogP contribution in [0.4, 0.5) is 0 Å². The summed E-state index contributed by atoms with van der Waals surface area (Å²) in [6.07, 6.45) is 3.74. The van der Waals surface area contributed by atoms with Crippen LogP contribution in [0, 0.1) is 39.0 Å². The number of fused-ring (bicyclic) bond motifs is 6. The summed E-state index contributed by atoms with van der Waals surface area (Å²) in [6.45, 7) is 8.60. The van der Waals surface area contributed by atoms with Crippen molar-refractivity contribution < 1.29 is 0 Å². The summed E-state index contributed by atoms with van der Waals surface area (Å²) in [5.74, 6) is 0. The van der Waals surface area contributed by atoms with E-state index in [-0.39, 0.29) is 0 Å². The SMILES string of the molecule is Cc1cc(C)cc(-c2ccc3c4ccccc4n(-c4cc(-c5cccnc5)c(-n5c6ccccc6c6ccc(-c7cc(C)cc(C)c7)cc65)cc4C#N)c3c2)c1. The first kappa shape index (κ1) is 33.4. The van der Waals surface area contributed by atoms with Gasteiger partial charge in [-0.2, -0.15) is 5.26 Å². The maximum atomic E-state index is 11.1. The summed E-state index contributed by atoms with van der Waals surface area (Å²) in [7, 11) is 0. The number of aryl methyl sites for hydroxylation is 4. The Kier molecular flexibility index (Phi) is 7.73. The van der Waals surface area contributed by atoms with Gasteiger partial charge in [-0.15, -0.1) is 0 Å². The largest absolute Gasteiger partial charge is 0.309 e. The van der Waals surface area contributed by atoms with Crippen LogP contribution in [0.2, 0.25) is 0 Å². The van der Waals surface area contributed by atoms with Gasteiger partial charge in [0.05, 0.1) is 39.0 Å². The molecule has 3 aromatic heterocycles. The standard InChI is InChI=1S/C52H38N4/c1-32-20-33(2)23-39(22-32)36-15-17-44-42-11-5-7-13-47(42)55(50(44)26-36)49-29-46(38-10-9-19-54-31-38)52(28-41(49)30-53)56-48-14-8-6-12-43(48)45-18-16-37(27-51(45)56)40-24-34(3)21-35(4)25-40/h5-29,31H,1-4H3. The van der Waals surface area contributed by atoms with Gasteiger partial charge in [0.1, 0.15) is 6.07 Å². The first-order valence-electron chi connectivity index (χ1n) is 19.1. The molecule has 0 bridgehead atoms. The summed E-state index contributed by atoms with van der Waals surface area (Å²) < 4.78 is 4.62. The second-order valence-corrected chi connectivity index (χ2v) is 15.2. The van der Waals surface area contributed by atoms with Gasteiger partial charge in [0.2, 0.25) is 0 Å². The summed E-state index contributed by atoms with van der Waals surface area (Å²) >= 11 is 0. The molecule has 0 aliphatic heterocycles. The molecule has 0 unspecified atom stereocenters. The minimum Gasteiger partial charge on any atom is -0.309 e. The van der Waals surface area contributed by atoms with Crippen molar-refractivity contribution in [2.75, 3.05) is 0 Å². The van der Waals surface area contributed by atoms with E-state index in [0.29, 0.717) is 5.56 Å². The molecule has 0 saturated heterocycles. The smallest absolute Gasteiger partial charge is 0.101 e. The lowest BCUT2D eigenvalue weighted by Crippen LogP contribution is -2.04. The van der Waals surface area contributed by atoms with E-state index in [1.54, 1.807) is 0 Å². The molecule has 10 rings (SSSR count). The quantitative estimate of drug-likeness (QED) is 0.178. The zero-order valence-electron chi connectivity index (χ0n) is 31.8. The third kappa shape index (κ3) is 5.40. The number of nitrogens with zero attached hydrogens (tertiary/aromatic N) is 4. The zero-order valence-corrected chi connectivity index (χ0v) is 31.8. The van der Waals surface area contributed by atoms with Crippen molar-refractivity contribution in [3.8, 4) is 50.8 Å². The average molecular weight is 719 g/mol. The Labute approximate surface area is 326 Å². The molecular formula is C52H38N4. The fraction of sp³-hybridized carbons (Fsp3) is 0.0769. The topological polar surface area (TPSA) is 46.5 Å².